The number of hydrogen-bond donors (Lipinski definition) is 2. The van der Waals surface area contributed by atoms with Gasteiger partial charge in [0.25, 0.3) is 15.9 Å². The van der Waals surface area contributed by atoms with Crippen LogP contribution in [0.1, 0.15) is 39.8 Å². The molecule has 3 aromatic rings. The summed E-state index contributed by atoms with van der Waals surface area (Å²) in [6, 6.07) is 13.2. The smallest absolute Gasteiger partial charge is 0.267 e. The summed E-state index contributed by atoms with van der Waals surface area (Å²) >= 11 is 1.41. The lowest BCUT2D eigenvalue weighted by atomic mass is 10.1. The lowest BCUT2D eigenvalue weighted by molar-refractivity contribution is 0.103. The zero-order chi connectivity index (χ0) is 21.9. The number of thiazole rings is 1. The minimum absolute atomic E-state index is 0.198. The summed E-state index contributed by atoms with van der Waals surface area (Å²) in [4.78, 5) is 17.9. The number of nitrogens with zero attached hydrogens (tertiary/aromatic N) is 1. The highest BCUT2D eigenvalue weighted by atomic mass is 32.2. The van der Waals surface area contributed by atoms with Crippen molar-refractivity contribution in [2.75, 3.05) is 10.0 Å². The number of carbonyl (C=O) groups excluding carboxylic acids is 1. The Labute approximate surface area is 181 Å². The highest BCUT2D eigenvalue weighted by molar-refractivity contribution is 7.92. The third-order valence-electron chi connectivity index (χ3n) is 4.36. The molecule has 0 aliphatic carbocycles. The standard InChI is InChI=1S/C22H25N3O3S2/c1-14(2)13-20-23-16(4)21(29-20)22(26)24-17-7-9-18(10-8-17)25-30(27,28)19-11-5-15(3)6-12-19/h5-12,14,25H,13H2,1-4H3,(H,24,26). The normalized spacial score (nSPS) is 11.5. The average molecular weight is 444 g/mol. The van der Waals surface area contributed by atoms with E-state index in [1.165, 1.54) is 11.3 Å². The second-order valence-electron chi connectivity index (χ2n) is 7.57. The number of sulfonamides is 1. The van der Waals surface area contributed by atoms with Gasteiger partial charge >= 0.3 is 0 Å². The highest BCUT2D eigenvalue weighted by Crippen LogP contribution is 2.23. The van der Waals surface area contributed by atoms with Crippen molar-refractivity contribution >= 4 is 38.6 Å². The number of aromatic nitrogens is 1. The lowest BCUT2D eigenvalue weighted by Crippen LogP contribution is -2.13. The number of nitrogens with one attached hydrogen (secondary N) is 2. The fourth-order valence-electron chi connectivity index (χ4n) is 2.84. The molecule has 1 amide bonds. The van der Waals surface area contributed by atoms with Gasteiger partial charge in [0.2, 0.25) is 0 Å². The maximum Gasteiger partial charge on any atom is 0.267 e. The number of amides is 1. The molecule has 3 rings (SSSR count). The summed E-state index contributed by atoms with van der Waals surface area (Å²) < 4.78 is 27.5. The summed E-state index contributed by atoms with van der Waals surface area (Å²) in [5, 5.41) is 3.80. The van der Waals surface area contributed by atoms with Gasteiger partial charge in [0.05, 0.1) is 15.6 Å². The summed E-state index contributed by atoms with van der Waals surface area (Å²) in [6.45, 7) is 7.96. The SMILES string of the molecule is Cc1ccc(S(=O)(=O)Nc2ccc(NC(=O)c3sc(CC(C)C)nc3C)cc2)cc1. The molecule has 0 unspecified atom stereocenters. The Morgan fingerprint density at radius 3 is 2.20 bits per heavy atom. The van der Waals surface area contributed by atoms with E-state index in [-0.39, 0.29) is 10.8 Å². The molecule has 0 saturated heterocycles. The van der Waals surface area contributed by atoms with Crippen LogP contribution in [-0.4, -0.2) is 19.3 Å². The molecule has 2 aromatic carbocycles. The molecule has 6 nitrogen and oxygen atoms in total. The fourth-order valence-corrected chi connectivity index (χ4v) is 5.07. The van der Waals surface area contributed by atoms with Gasteiger partial charge in [-0.25, -0.2) is 13.4 Å². The molecule has 0 saturated carbocycles. The molecule has 2 N–H and O–H groups in total. The Kier molecular flexibility index (Phi) is 6.58. The molecule has 0 aliphatic rings. The van der Waals surface area contributed by atoms with Crippen LogP contribution < -0.4 is 10.0 Å². The van der Waals surface area contributed by atoms with Crippen LogP contribution in [0.2, 0.25) is 0 Å². The van der Waals surface area contributed by atoms with Crippen LogP contribution >= 0.6 is 11.3 Å². The number of rotatable bonds is 7. The van der Waals surface area contributed by atoms with E-state index in [0.29, 0.717) is 22.2 Å². The molecule has 0 spiro atoms. The molecule has 1 aromatic heterocycles. The lowest BCUT2D eigenvalue weighted by Gasteiger charge is -2.10. The first-order valence-corrected chi connectivity index (χ1v) is 11.9. The molecule has 0 atom stereocenters. The Balaban J connectivity index is 1.68. The minimum Gasteiger partial charge on any atom is -0.321 e. The predicted molar refractivity (Wildman–Crippen MR) is 122 cm³/mol. The Morgan fingerprint density at radius 1 is 1.00 bits per heavy atom. The molecule has 30 heavy (non-hydrogen) atoms. The Morgan fingerprint density at radius 2 is 1.60 bits per heavy atom. The van der Waals surface area contributed by atoms with Crippen molar-refractivity contribution in [1.82, 2.24) is 4.98 Å². The molecule has 158 valence electrons. The van der Waals surface area contributed by atoms with Crippen LogP contribution in [0, 0.1) is 19.8 Å². The van der Waals surface area contributed by atoms with Crippen LogP contribution in [0.25, 0.3) is 0 Å². The van der Waals surface area contributed by atoms with Gasteiger partial charge in [-0.05, 0) is 56.2 Å². The molecule has 0 bridgehead atoms. The van der Waals surface area contributed by atoms with Gasteiger partial charge in [-0.15, -0.1) is 11.3 Å². The van der Waals surface area contributed by atoms with Gasteiger partial charge in [0.1, 0.15) is 4.88 Å². The van der Waals surface area contributed by atoms with Gasteiger partial charge in [-0.2, -0.15) is 0 Å². The van der Waals surface area contributed by atoms with Crippen molar-refractivity contribution in [1.29, 1.82) is 0 Å². The van der Waals surface area contributed by atoms with Crippen molar-refractivity contribution in [3.8, 4) is 0 Å². The van der Waals surface area contributed by atoms with Crippen LogP contribution in [0.3, 0.4) is 0 Å². The summed E-state index contributed by atoms with van der Waals surface area (Å²) in [6.07, 6.45) is 0.842. The van der Waals surface area contributed by atoms with E-state index >= 15 is 0 Å². The largest absolute Gasteiger partial charge is 0.321 e. The first-order valence-electron chi connectivity index (χ1n) is 9.61. The summed E-state index contributed by atoms with van der Waals surface area (Å²) in [5.74, 6) is 0.260. The van der Waals surface area contributed by atoms with Crippen molar-refractivity contribution in [3.05, 3.63) is 69.7 Å². The number of carbonyl (C=O) groups is 1. The van der Waals surface area contributed by atoms with E-state index in [0.717, 1.165) is 22.7 Å². The van der Waals surface area contributed by atoms with Gasteiger partial charge in [0.15, 0.2) is 0 Å². The molecule has 0 aliphatic heterocycles. The molecule has 1 heterocycles. The van der Waals surface area contributed by atoms with Crippen molar-refractivity contribution in [2.45, 2.75) is 39.0 Å². The molecule has 0 fully saturated rings. The minimum atomic E-state index is -3.67. The van der Waals surface area contributed by atoms with Gasteiger partial charge in [-0.1, -0.05) is 31.5 Å². The Bertz CT molecular complexity index is 1130. The van der Waals surface area contributed by atoms with Crippen molar-refractivity contribution in [2.24, 2.45) is 5.92 Å². The maximum absolute atomic E-state index is 12.6. The van der Waals surface area contributed by atoms with Crippen LogP contribution in [-0.2, 0) is 16.4 Å². The van der Waals surface area contributed by atoms with E-state index in [1.807, 2.05) is 13.8 Å². The van der Waals surface area contributed by atoms with E-state index in [1.54, 1.807) is 48.5 Å². The molecule has 0 radical (unpaired) electrons. The van der Waals surface area contributed by atoms with Crippen molar-refractivity contribution < 1.29 is 13.2 Å². The quantitative estimate of drug-likeness (QED) is 0.537. The number of anilines is 2. The highest BCUT2D eigenvalue weighted by Gasteiger charge is 2.17. The predicted octanol–water partition coefficient (Wildman–Crippen LogP) is 5.01. The molecular weight excluding hydrogens is 418 g/mol. The molecular formula is C22H25N3O3S2. The summed E-state index contributed by atoms with van der Waals surface area (Å²) in [7, 11) is -3.67. The van der Waals surface area contributed by atoms with Crippen LogP contribution in [0.5, 0.6) is 0 Å². The Hall–Kier alpha value is -2.71. The van der Waals surface area contributed by atoms with E-state index in [4.69, 9.17) is 0 Å². The van der Waals surface area contributed by atoms with E-state index in [9.17, 15) is 13.2 Å². The monoisotopic (exact) mass is 443 g/mol. The van der Waals surface area contributed by atoms with Gasteiger partial charge < -0.3 is 5.32 Å². The number of aryl methyl sites for hydroxylation is 2. The van der Waals surface area contributed by atoms with Gasteiger partial charge in [-0.3, -0.25) is 9.52 Å². The van der Waals surface area contributed by atoms with Crippen LogP contribution in [0.15, 0.2) is 53.4 Å². The third-order valence-corrected chi connectivity index (χ3v) is 6.93. The third kappa shape index (κ3) is 5.46. The second-order valence-corrected chi connectivity index (χ2v) is 10.3. The van der Waals surface area contributed by atoms with Crippen LogP contribution in [0.4, 0.5) is 11.4 Å². The average Bonchev–Trinajstić information content (AvgIpc) is 3.03. The van der Waals surface area contributed by atoms with Gasteiger partial charge in [0, 0.05) is 17.8 Å². The zero-order valence-electron chi connectivity index (χ0n) is 17.4. The molecule has 8 heteroatoms. The van der Waals surface area contributed by atoms with Crippen molar-refractivity contribution in [3.63, 3.8) is 0 Å². The first kappa shape index (κ1) is 22.0. The number of hydrogen-bond acceptors (Lipinski definition) is 5. The summed E-state index contributed by atoms with van der Waals surface area (Å²) in [5.41, 5.74) is 2.70. The maximum atomic E-state index is 12.6. The fraction of sp³-hybridized carbons (Fsp3) is 0.273. The zero-order valence-corrected chi connectivity index (χ0v) is 19.0. The second kappa shape index (κ2) is 8.97. The van der Waals surface area contributed by atoms with E-state index in [2.05, 4.69) is 28.9 Å². The number of benzene rings is 2. The first-order chi connectivity index (χ1) is 14.1. The van der Waals surface area contributed by atoms with E-state index < -0.39 is 10.0 Å². The topological polar surface area (TPSA) is 88.2 Å².